The van der Waals surface area contributed by atoms with E-state index in [2.05, 4.69) is 11.1 Å². The molecule has 3 heteroatoms. The number of methoxy groups -OCH3 is 1. The van der Waals surface area contributed by atoms with E-state index in [9.17, 15) is 5.26 Å². The second kappa shape index (κ2) is 5.83. The molecule has 0 unspecified atom stereocenters. The van der Waals surface area contributed by atoms with Gasteiger partial charge in [0, 0.05) is 5.56 Å². The summed E-state index contributed by atoms with van der Waals surface area (Å²) in [7, 11) is 1.62. The monoisotopic (exact) mass is 250 g/mol. The van der Waals surface area contributed by atoms with E-state index in [4.69, 9.17) is 4.74 Å². The van der Waals surface area contributed by atoms with Gasteiger partial charge in [0.05, 0.1) is 12.8 Å². The molecule has 0 aromatic heterocycles. The van der Waals surface area contributed by atoms with Crippen molar-refractivity contribution in [3.05, 3.63) is 59.7 Å². The van der Waals surface area contributed by atoms with Crippen molar-refractivity contribution >= 4 is 11.4 Å². The number of ether oxygens (including phenoxy) is 1. The van der Waals surface area contributed by atoms with Crippen molar-refractivity contribution in [2.75, 3.05) is 7.11 Å². The molecule has 2 rings (SSSR count). The van der Waals surface area contributed by atoms with E-state index in [1.165, 1.54) is 0 Å². The highest BCUT2D eigenvalue weighted by Crippen LogP contribution is 2.19. The Morgan fingerprint density at radius 1 is 1.05 bits per heavy atom. The van der Waals surface area contributed by atoms with E-state index in [1.807, 2.05) is 55.5 Å². The number of rotatable bonds is 3. The Bertz CT molecular complexity index is 619. The van der Waals surface area contributed by atoms with Crippen LogP contribution in [0.15, 0.2) is 53.5 Å². The molecule has 0 aliphatic rings. The summed E-state index contributed by atoms with van der Waals surface area (Å²) in [5.41, 5.74) is 3.12. The van der Waals surface area contributed by atoms with Crippen LogP contribution in [-0.4, -0.2) is 12.8 Å². The van der Waals surface area contributed by atoms with Crippen molar-refractivity contribution in [1.29, 1.82) is 5.26 Å². The van der Waals surface area contributed by atoms with Crippen LogP contribution in [0, 0.1) is 18.3 Å². The lowest BCUT2D eigenvalue weighted by Gasteiger charge is -2.01. The molecule has 0 bridgehead atoms. The highest BCUT2D eigenvalue weighted by molar-refractivity contribution is 6.12. The largest absolute Gasteiger partial charge is 0.497 e. The van der Waals surface area contributed by atoms with Gasteiger partial charge in [-0.2, -0.15) is 5.26 Å². The Morgan fingerprint density at radius 3 is 2.21 bits per heavy atom. The number of aliphatic imine (C=N–C) groups is 1. The molecule has 0 N–H and O–H groups in total. The van der Waals surface area contributed by atoms with Crippen molar-refractivity contribution < 1.29 is 4.74 Å². The zero-order valence-corrected chi connectivity index (χ0v) is 10.9. The molecular formula is C16H14N2O. The standard InChI is InChI=1S/C16H14N2O/c1-12-3-5-13(6-4-12)16(11-17)18-14-7-9-15(19-2)10-8-14/h3-10H,1-2H3/b18-16+. The van der Waals surface area contributed by atoms with E-state index in [0.717, 1.165) is 22.6 Å². The van der Waals surface area contributed by atoms with Gasteiger partial charge in [0.1, 0.15) is 17.5 Å². The van der Waals surface area contributed by atoms with Crippen LogP contribution in [0.2, 0.25) is 0 Å². The molecule has 0 saturated heterocycles. The maximum absolute atomic E-state index is 9.21. The first-order valence-corrected chi connectivity index (χ1v) is 5.93. The number of hydrogen-bond acceptors (Lipinski definition) is 3. The molecular weight excluding hydrogens is 236 g/mol. The summed E-state index contributed by atoms with van der Waals surface area (Å²) in [5, 5.41) is 9.21. The lowest BCUT2D eigenvalue weighted by Crippen LogP contribution is -1.96. The van der Waals surface area contributed by atoms with Gasteiger partial charge < -0.3 is 4.74 Å². The zero-order valence-electron chi connectivity index (χ0n) is 10.9. The van der Waals surface area contributed by atoms with Crippen LogP contribution in [0.1, 0.15) is 11.1 Å². The fourth-order valence-electron chi connectivity index (χ4n) is 1.65. The molecule has 0 aliphatic carbocycles. The van der Waals surface area contributed by atoms with Gasteiger partial charge in [-0.25, -0.2) is 4.99 Å². The lowest BCUT2D eigenvalue weighted by atomic mass is 10.1. The second-order valence-electron chi connectivity index (χ2n) is 4.14. The minimum Gasteiger partial charge on any atom is -0.497 e. The summed E-state index contributed by atoms with van der Waals surface area (Å²) in [6, 6.07) is 17.2. The summed E-state index contributed by atoms with van der Waals surface area (Å²) in [6.07, 6.45) is 0. The molecule has 3 nitrogen and oxygen atoms in total. The Morgan fingerprint density at radius 2 is 1.68 bits per heavy atom. The first-order chi connectivity index (χ1) is 9.22. The molecule has 0 fully saturated rings. The minimum atomic E-state index is 0.408. The predicted octanol–water partition coefficient (Wildman–Crippen LogP) is 3.65. The van der Waals surface area contributed by atoms with Crippen LogP contribution >= 0.6 is 0 Å². The fourth-order valence-corrected chi connectivity index (χ4v) is 1.65. The Balaban J connectivity index is 2.33. The molecule has 2 aromatic rings. The quantitative estimate of drug-likeness (QED) is 0.780. The predicted molar refractivity (Wildman–Crippen MR) is 76.0 cm³/mol. The minimum absolute atomic E-state index is 0.408. The summed E-state index contributed by atoms with van der Waals surface area (Å²) in [4.78, 5) is 4.35. The van der Waals surface area contributed by atoms with Crippen LogP contribution in [0.25, 0.3) is 0 Å². The molecule has 0 aliphatic heterocycles. The Labute approximate surface area is 112 Å². The summed E-state index contributed by atoms with van der Waals surface area (Å²) in [5.74, 6) is 0.771. The molecule has 0 amide bonds. The fraction of sp³-hybridized carbons (Fsp3) is 0.125. The number of benzene rings is 2. The van der Waals surface area contributed by atoms with Crippen molar-refractivity contribution in [3.8, 4) is 11.8 Å². The van der Waals surface area contributed by atoms with Crippen LogP contribution < -0.4 is 4.74 Å². The third-order valence-electron chi connectivity index (χ3n) is 2.74. The van der Waals surface area contributed by atoms with Gasteiger partial charge in [0.2, 0.25) is 0 Å². The van der Waals surface area contributed by atoms with E-state index in [-0.39, 0.29) is 0 Å². The summed E-state index contributed by atoms with van der Waals surface area (Å²) in [6.45, 7) is 2.01. The molecule has 19 heavy (non-hydrogen) atoms. The van der Waals surface area contributed by atoms with Gasteiger partial charge >= 0.3 is 0 Å². The van der Waals surface area contributed by atoms with Crippen molar-refractivity contribution in [2.24, 2.45) is 4.99 Å². The average molecular weight is 250 g/mol. The van der Waals surface area contributed by atoms with Crippen LogP contribution in [0.5, 0.6) is 5.75 Å². The summed E-state index contributed by atoms with van der Waals surface area (Å²) >= 11 is 0. The van der Waals surface area contributed by atoms with Crippen LogP contribution in [0.4, 0.5) is 5.69 Å². The van der Waals surface area contributed by atoms with Crippen LogP contribution in [0.3, 0.4) is 0 Å². The highest BCUT2D eigenvalue weighted by atomic mass is 16.5. The van der Waals surface area contributed by atoms with Gasteiger partial charge in [0.25, 0.3) is 0 Å². The maximum atomic E-state index is 9.21. The zero-order chi connectivity index (χ0) is 13.7. The number of hydrogen-bond donors (Lipinski definition) is 0. The molecule has 0 heterocycles. The molecule has 0 saturated carbocycles. The molecule has 0 atom stereocenters. The van der Waals surface area contributed by atoms with E-state index < -0.39 is 0 Å². The van der Waals surface area contributed by atoms with Gasteiger partial charge in [-0.05, 0) is 31.2 Å². The Hall–Kier alpha value is -2.60. The highest BCUT2D eigenvalue weighted by Gasteiger charge is 2.02. The third kappa shape index (κ3) is 3.20. The maximum Gasteiger partial charge on any atom is 0.148 e. The van der Waals surface area contributed by atoms with Crippen molar-refractivity contribution in [1.82, 2.24) is 0 Å². The average Bonchev–Trinajstić information content (AvgIpc) is 2.46. The van der Waals surface area contributed by atoms with E-state index in [0.29, 0.717) is 5.71 Å². The topological polar surface area (TPSA) is 45.4 Å². The Kier molecular flexibility index (Phi) is 3.94. The number of nitrogens with zero attached hydrogens (tertiary/aromatic N) is 2. The normalized spacial score (nSPS) is 10.9. The van der Waals surface area contributed by atoms with E-state index >= 15 is 0 Å². The molecule has 0 radical (unpaired) electrons. The van der Waals surface area contributed by atoms with E-state index in [1.54, 1.807) is 7.11 Å². The first-order valence-electron chi connectivity index (χ1n) is 5.93. The molecule has 94 valence electrons. The van der Waals surface area contributed by atoms with Gasteiger partial charge in [-0.15, -0.1) is 0 Å². The lowest BCUT2D eigenvalue weighted by molar-refractivity contribution is 0.415. The number of aryl methyl sites for hydroxylation is 1. The molecule has 2 aromatic carbocycles. The van der Waals surface area contributed by atoms with Crippen molar-refractivity contribution in [2.45, 2.75) is 6.92 Å². The van der Waals surface area contributed by atoms with Gasteiger partial charge in [-0.3, -0.25) is 0 Å². The SMILES string of the molecule is COc1ccc(/N=C(\C#N)c2ccc(C)cc2)cc1. The smallest absolute Gasteiger partial charge is 0.148 e. The second-order valence-corrected chi connectivity index (χ2v) is 4.14. The van der Waals surface area contributed by atoms with Crippen molar-refractivity contribution in [3.63, 3.8) is 0 Å². The third-order valence-corrected chi connectivity index (χ3v) is 2.74. The van der Waals surface area contributed by atoms with Gasteiger partial charge in [-0.1, -0.05) is 29.8 Å². The number of nitriles is 1. The van der Waals surface area contributed by atoms with Crippen LogP contribution in [-0.2, 0) is 0 Å². The molecule has 0 spiro atoms. The first kappa shape index (κ1) is 12.8. The summed E-state index contributed by atoms with van der Waals surface area (Å²) < 4.78 is 5.08. The van der Waals surface area contributed by atoms with Gasteiger partial charge in [0.15, 0.2) is 0 Å².